The van der Waals surface area contributed by atoms with Gasteiger partial charge in [0.2, 0.25) is 10.0 Å². The Morgan fingerprint density at radius 2 is 1.76 bits per heavy atom. The summed E-state index contributed by atoms with van der Waals surface area (Å²) in [5, 5.41) is 3.25. The lowest BCUT2D eigenvalue weighted by Crippen LogP contribution is -2.37. The Balaban J connectivity index is 0.00000306. The standard InChI is InChI=1S/C22H28N4O4S2.ClH/c1-14-7-11-26(12-8-14)32(29,30)16-5-3-15(4-6-16)21(28)24-22-19(20(23)27)17-9-10-25(2)13-18(17)31-22;/h3-6,14H,7-13H2,1-2H3,(H2,23,27)(H,24,28);1H. The van der Waals surface area contributed by atoms with Crippen molar-refractivity contribution in [3.05, 3.63) is 45.8 Å². The molecule has 0 radical (unpaired) electrons. The van der Waals surface area contributed by atoms with Gasteiger partial charge in [0, 0.05) is 36.6 Å². The summed E-state index contributed by atoms with van der Waals surface area (Å²) in [5.41, 5.74) is 7.22. The lowest BCUT2D eigenvalue weighted by Gasteiger charge is -2.29. The molecule has 1 saturated heterocycles. The number of nitrogens with zero attached hydrogens (tertiary/aromatic N) is 2. The van der Waals surface area contributed by atoms with Crippen molar-refractivity contribution in [3.8, 4) is 0 Å². The number of nitrogens with two attached hydrogens (primary N) is 1. The Labute approximate surface area is 204 Å². The SMILES string of the molecule is CC1CCN(S(=O)(=O)c2ccc(C(=O)Nc3sc4c(c3C(N)=O)CCN(C)C4)cc2)CC1.Cl. The van der Waals surface area contributed by atoms with Gasteiger partial charge in [0.1, 0.15) is 5.00 Å². The predicted molar refractivity (Wildman–Crippen MR) is 132 cm³/mol. The van der Waals surface area contributed by atoms with Gasteiger partial charge < -0.3 is 16.0 Å². The van der Waals surface area contributed by atoms with Crippen LogP contribution in [0.2, 0.25) is 0 Å². The minimum atomic E-state index is -3.57. The number of fused-ring (bicyclic) bond motifs is 1. The topological polar surface area (TPSA) is 113 Å². The number of carbonyl (C=O) groups excluding carboxylic acids is 2. The van der Waals surface area contributed by atoms with Crippen molar-refractivity contribution in [2.45, 2.75) is 37.6 Å². The van der Waals surface area contributed by atoms with Crippen LogP contribution in [0.4, 0.5) is 5.00 Å². The fourth-order valence-corrected chi connectivity index (χ4v) is 7.01. The third-order valence-electron chi connectivity index (χ3n) is 6.22. The highest BCUT2D eigenvalue weighted by Crippen LogP contribution is 2.37. The number of amides is 2. The molecule has 3 heterocycles. The van der Waals surface area contributed by atoms with E-state index in [1.807, 2.05) is 7.05 Å². The second-order valence-corrected chi connectivity index (χ2v) is 11.7. The van der Waals surface area contributed by atoms with Gasteiger partial charge in [-0.05, 0) is 62.1 Å². The third kappa shape index (κ3) is 5.25. The summed E-state index contributed by atoms with van der Waals surface area (Å²) in [6.45, 7) is 4.68. The van der Waals surface area contributed by atoms with Crippen LogP contribution in [-0.4, -0.2) is 56.1 Å². The van der Waals surface area contributed by atoms with Crippen molar-refractivity contribution >= 4 is 50.6 Å². The molecule has 0 atom stereocenters. The molecule has 11 heteroatoms. The zero-order valence-electron chi connectivity index (χ0n) is 18.7. The number of anilines is 1. The number of halogens is 1. The van der Waals surface area contributed by atoms with Crippen LogP contribution in [0, 0.1) is 5.92 Å². The van der Waals surface area contributed by atoms with E-state index < -0.39 is 21.8 Å². The largest absolute Gasteiger partial charge is 0.365 e. The second-order valence-electron chi connectivity index (χ2n) is 8.63. The van der Waals surface area contributed by atoms with E-state index in [2.05, 4.69) is 17.1 Å². The van der Waals surface area contributed by atoms with E-state index in [4.69, 9.17) is 5.73 Å². The smallest absolute Gasteiger partial charge is 0.256 e. The minimum Gasteiger partial charge on any atom is -0.365 e. The molecule has 1 aromatic heterocycles. The molecule has 0 spiro atoms. The molecular weight excluding hydrogens is 484 g/mol. The molecule has 1 fully saturated rings. The van der Waals surface area contributed by atoms with Crippen LogP contribution >= 0.6 is 23.7 Å². The fraction of sp³-hybridized carbons (Fsp3) is 0.455. The number of piperidine rings is 1. The summed E-state index contributed by atoms with van der Waals surface area (Å²) in [4.78, 5) is 28.3. The molecule has 2 amide bonds. The molecule has 8 nitrogen and oxygen atoms in total. The van der Waals surface area contributed by atoms with Gasteiger partial charge in [0.05, 0.1) is 10.5 Å². The molecule has 2 aliphatic heterocycles. The number of hydrogen-bond donors (Lipinski definition) is 2. The van der Waals surface area contributed by atoms with Gasteiger partial charge in [-0.25, -0.2) is 8.42 Å². The molecule has 2 aliphatic rings. The highest BCUT2D eigenvalue weighted by atomic mass is 35.5. The van der Waals surface area contributed by atoms with Gasteiger partial charge in [0.25, 0.3) is 11.8 Å². The quantitative estimate of drug-likeness (QED) is 0.639. The summed E-state index contributed by atoms with van der Waals surface area (Å²) >= 11 is 1.37. The molecular formula is C22H29ClN4O4S2. The lowest BCUT2D eigenvalue weighted by atomic mass is 10.0. The number of primary amides is 1. The van der Waals surface area contributed by atoms with Crippen LogP contribution < -0.4 is 11.1 Å². The summed E-state index contributed by atoms with van der Waals surface area (Å²) in [5.74, 6) is -0.434. The van der Waals surface area contributed by atoms with Crippen LogP contribution in [0.5, 0.6) is 0 Å². The first-order valence-corrected chi connectivity index (χ1v) is 13.0. The predicted octanol–water partition coefficient (Wildman–Crippen LogP) is 2.93. The van der Waals surface area contributed by atoms with Crippen molar-refractivity contribution in [2.75, 3.05) is 32.0 Å². The van der Waals surface area contributed by atoms with Crippen molar-refractivity contribution in [1.29, 1.82) is 0 Å². The highest BCUT2D eigenvalue weighted by molar-refractivity contribution is 7.89. The Kier molecular flexibility index (Phi) is 7.85. The normalized spacial score (nSPS) is 17.8. The Hall–Kier alpha value is -1.98. The number of sulfonamides is 1. The van der Waals surface area contributed by atoms with Crippen molar-refractivity contribution in [2.24, 2.45) is 11.7 Å². The summed E-state index contributed by atoms with van der Waals surface area (Å²) in [6, 6.07) is 5.93. The van der Waals surface area contributed by atoms with Crippen molar-refractivity contribution in [3.63, 3.8) is 0 Å². The molecule has 0 bridgehead atoms. The van der Waals surface area contributed by atoms with Crippen LogP contribution in [0.15, 0.2) is 29.2 Å². The van der Waals surface area contributed by atoms with Gasteiger partial charge in [-0.1, -0.05) is 6.92 Å². The molecule has 0 saturated carbocycles. The molecule has 2 aromatic rings. The van der Waals surface area contributed by atoms with Gasteiger partial charge >= 0.3 is 0 Å². The van der Waals surface area contributed by atoms with Gasteiger partial charge in [0.15, 0.2) is 0 Å². The second kappa shape index (κ2) is 10.1. The average Bonchev–Trinajstić information content (AvgIpc) is 3.11. The van der Waals surface area contributed by atoms with E-state index in [0.717, 1.165) is 29.8 Å². The van der Waals surface area contributed by atoms with Crippen molar-refractivity contribution in [1.82, 2.24) is 9.21 Å². The van der Waals surface area contributed by atoms with E-state index in [9.17, 15) is 18.0 Å². The monoisotopic (exact) mass is 512 g/mol. The highest BCUT2D eigenvalue weighted by Gasteiger charge is 2.29. The van der Waals surface area contributed by atoms with E-state index in [1.54, 1.807) is 0 Å². The zero-order chi connectivity index (χ0) is 23.0. The summed E-state index contributed by atoms with van der Waals surface area (Å²) < 4.78 is 27.3. The number of thiophene rings is 1. The van der Waals surface area contributed by atoms with E-state index in [1.165, 1.54) is 39.9 Å². The number of hydrogen-bond acceptors (Lipinski definition) is 6. The maximum Gasteiger partial charge on any atom is 0.256 e. The number of carbonyl (C=O) groups is 2. The zero-order valence-corrected chi connectivity index (χ0v) is 21.1. The molecule has 1 aromatic carbocycles. The molecule has 0 unspecified atom stereocenters. The maximum atomic E-state index is 12.9. The van der Waals surface area contributed by atoms with Gasteiger partial charge in [-0.15, -0.1) is 23.7 Å². The van der Waals surface area contributed by atoms with Gasteiger partial charge in [-0.3, -0.25) is 9.59 Å². The average molecular weight is 513 g/mol. The third-order valence-corrected chi connectivity index (χ3v) is 9.26. The van der Waals surface area contributed by atoms with Crippen LogP contribution in [0.3, 0.4) is 0 Å². The first-order chi connectivity index (χ1) is 15.2. The van der Waals surface area contributed by atoms with Crippen LogP contribution in [0.25, 0.3) is 0 Å². The molecule has 180 valence electrons. The molecule has 3 N–H and O–H groups in total. The number of nitrogens with one attached hydrogen (secondary N) is 1. The first kappa shape index (κ1) is 25.6. The number of likely N-dealkylation sites (N-methyl/N-ethyl adjacent to an activating group) is 1. The summed E-state index contributed by atoms with van der Waals surface area (Å²) in [7, 11) is -1.57. The Bertz CT molecular complexity index is 1140. The van der Waals surface area contributed by atoms with Crippen LogP contribution in [0.1, 0.15) is 50.9 Å². The Morgan fingerprint density at radius 1 is 1.12 bits per heavy atom. The number of rotatable bonds is 5. The number of benzene rings is 1. The van der Waals surface area contributed by atoms with E-state index >= 15 is 0 Å². The van der Waals surface area contributed by atoms with Gasteiger partial charge in [-0.2, -0.15) is 4.31 Å². The molecule has 4 rings (SSSR count). The maximum absolute atomic E-state index is 12.9. The lowest BCUT2D eigenvalue weighted by molar-refractivity contribution is 0.1000. The van der Waals surface area contributed by atoms with Crippen LogP contribution in [-0.2, 0) is 23.0 Å². The minimum absolute atomic E-state index is 0. The van der Waals surface area contributed by atoms with E-state index in [-0.39, 0.29) is 17.3 Å². The molecule has 33 heavy (non-hydrogen) atoms. The molecule has 0 aliphatic carbocycles. The van der Waals surface area contributed by atoms with E-state index in [0.29, 0.717) is 48.1 Å². The Morgan fingerprint density at radius 3 is 2.36 bits per heavy atom. The first-order valence-electron chi connectivity index (χ1n) is 10.7. The van der Waals surface area contributed by atoms with Crippen molar-refractivity contribution < 1.29 is 18.0 Å². The summed E-state index contributed by atoms with van der Waals surface area (Å²) in [6.07, 6.45) is 2.41. The fourth-order valence-electron chi connectivity index (χ4n) is 4.21.